The Morgan fingerprint density at radius 2 is 1.58 bits per heavy atom. The first-order valence-corrected chi connectivity index (χ1v) is 8.13. The summed E-state index contributed by atoms with van der Waals surface area (Å²) in [6.45, 7) is 0. The van der Waals surface area contributed by atoms with Crippen molar-refractivity contribution in [1.82, 2.24) is 5.32 Å². The van der Waals surface area contributed by atoms with E-state index in [0.717, 1.165) is 0 Å². The number of hydrogen-bond acceptors (Lipinski definition) is 3. The van der Waals surface area contributed by atoms with Crippen LogP contribution in [0.5, 0.6) is 0 Å². The average molecular weight is 387 g/mol. The Hall–Kier alpha value is -1.75. The molecule has 2 aromatic carbocycles. The van der Waals surface area contributed by atoms with Gasteiger partial charge < -0.3 is 10.1 Å². The van der Waals surface area contributed by atoms with E-state index in [0.29, 0.717) is 15.6 Å². The molecule has 2 aromatic rings. The number of methoxy groups -OCH3 is 1. The van der Waals surface area contributed by atoms with Crippen LogP contribution in [0.1, 0.15) is 15.9 Å². The Labute approximate surface area is 154 Å². The van der Waals surface area contributed by atoms with Crippen LogP contribution in [-0.2, 0) is 16.0 Å². The molecule has 0 fully saturated rings. The molecule has 0 heterocycles. The molecule has 0 aliphatic heterocycles. The highest BCUT2D eigenvalue weighted by atomic mass is 35.5. The number of ether oxygens (including phenoxy) is 1. The van der Waals surface area contributed by atoms with Crippen LogP contribution in [0.25, 0.3) is 0 Å². The standard InChI is InChI=1S/C17H14Cl3NO3/c1-24-17(23)15(9-11-13(19)7-4-8-14(11)20)21-16(22)10-5-2-3-6-12(10)18/h2-8,15H,9H2,1H3,(H,21,22)/t15-/m0/s1. The van der Waals surface area contributed by atoms with E-state index in [1.165, 1.54) is 7.11 Å². The molecular formula is C17H14Cl3NO3. The molecule has 0 saturated carbocycles. The summed E-state index contributed by atoms with van der Waals surface area (Å²) in [4.78, 5) is 24.4. The van der Waals surface area contributed by atoms with Crippen molar-refractivity contribution in [3.8, 4) is 0 Å². The zero-order chi connectivity index (χ0) is 17.7. The van der Waals surface area contributed by atoms with Gasteiger partial charge >= 0.3 is 5.97 Å². The molecule has 0 unspecified atom stereocenters. The predicted molar refractivity (Wildman–Crippen MR) is 94.9 cm³/mol. The maximum Gasteiger partial charge on any atom is 0.328 e. The normalized spacial score (nSPS) is 11.7. The third kappa shape index (κ3) is 4.41. The minimum absolute atomic E-state index is 0.0986. The smallest absolute Gasteiger partial charge is 0.328 e. The second kappa shape index (κ2) is 8.38. The quantitative estimate of drug-likeness (QED) is 0.785. The summed E-state index contributed by atoms with van der Waals surface area (Å²) in [5, 5.41) is 3.71. The second-order valence-corrected chi connectivity index (χ2v) is 6.15. The number of carbonyl (C=O) groups excluding carboxylic acids is 2. The van der Waals surface area contributed by atoms with E-state index >= 15 is 0 Å². The van der Waals surface area contributed by atoms with Crippen molar-refractivity contribution in [3.63, 3.8) is 0 Å². The lowest BCUT2D eigenvalue weighted by atomic mass is 10.0. The topological polar surface area (TPSA) is 55.4 Å². The number of carbonyl (C=O) groups is 2. The van der Waals surface area contributed by atoms with Gasteiger partial charge in [0.1, 0.15) is 6.04 Å². The van der Waals surface area contributed by atoms with Crippen molar-refractivity contribution in [1.29, 1.82) is 0 Å². The fraction of sp³-hybridized carbons (Fsp3) is 0.176. The molecule has 0 aliphatic rings. The molecule has 24 heavy (non-hydrogen) atoms. The van der Waals surface area contributed by atoms with Gasteiger partial charge in [0, 0.05) is 16.5 Å². The van der Waals surface area contributed by atoms with Gasteiger partial charge in [-0.25, -0.2) is 4.79 Å². The van der Waals surface area contributed by atoms with Crippen molar-refractivity contribution in [2.24, 2.45) is 0 Å². The first-order chi connectivity index (χ1) is 11.4. The van der Waals surface area contributed by atoms with Crippen LogP contribution >= 0.6 is 34.8 Å². The van der Waals surface area contributed by atoms with Crippen LogP contribution < -0.4 is 5.32 Å². The predicted octanol–water partition coefficient (Wildman–Crippen LogP) is 4.16. The van der Waals surface area contributed by atoms with E-state index in [4.69, 9.17) is 39.5 Å². The summed E-state index contributed by atoms with van der Waals surface area (Å²) in [6, 6.07) is 10.6. The summed E-state index contributed by atoms with van der Waals surface area (Å²) in [7, 11) is 1.24. The zero-order valence-corrected chi connectivity index (χ0v) is 15.0. The number of rotatable bonds is 5. The highest BCUT2D eigenvalue weighted by Crippen LogP contribution is 2.26. The monoisotopic (exact) mass is 385 g/mol. The lowest BCUT2D eigenvalue weighted by Crippen LogP contribution is -2.43. The van der Waals surface area contributed by atoms with Crippen LogP contribution in [0.15, 0.2) is 42.5 Å². The summed E-state index contributed by atoms with van der Waals surface area (Å²) in [6.07, 6.45) is 0.0986. The van der Waals surface area contributed by atoms with Gasteiger partial charge in [0.15, 0.2) is 0 Å². The zero-order valence-electron chi connectivity index (χ0n) is 12.7. The number of nitrogens with one attached hydrogen (secondary N) is 1. The van der Waals surface area contributed by atoms with Crippen molar-refractivity contribution < 1.29 is 14.3 Å². The SMILES string of the molecule is COC(=O)[C@H](Cc1c(Cl)cccc1Cl)NC(=O)c1ccccc1Cl. The number of benzene rings is 2. The molecule has 1 N–H and O–H groups in total. The number of hydrogen-bond donors (Lipinski definition) is 1. The van der Waals surface area contributed by atoms with Crippen LogP contribution in [-0.4, -0.2) is 25.0 Å². The van der Waals surface area contributed by atoms with Crippen LogP contribution in [0, 0.1) is 0 Å². The molecule has 0 bridgehead atoms. The molecule has 0 radical (unpaired) electrons. The molecule has 2 rings (SSSR count). The van der Waals surface area contributed by atoms with Crippen molar-refractivity contribution in [3.05, 3.63) is 68.7 Å². The maximum atomic E-state index is 12.4. The van der Waals surface area contributed by atoms with E-state index in [1.54, 1.807) is 42.5 Å². The van der Waals surface area contributed by atoms with Crippen LogP contribution in [0.3, 0.4) is 0 Å². The van der Waals surface area contributed by atoms with E-state index in [1.807, 2.05) is 0 Å². The first kappa shape index (κ1) is 18.6. The second-order valence-electron chi connectivity index (χ2n) is 4.93. The van der Waals surface area contributed by atoms with Crippen molar-refractivity contribution >= 4 is 46.7 Å². The Morgan fingerprint density at radius 3 is 2.17 bits per heavy atom. The van der Waals surface area contributed by atoms with E-state index in [-0.39, 0.29) is 17.0 Å². The van der Waals surface area contributed by atoms with Crippen molar-refractivity contribution in [2.45, 2.75) is 12.5 Å². The molecule has 1 atom stereocenters. The fourth-order valence-corrected chi connectivity index (χ4v) is 2.92. The molecule has 0 aliphatic carbocycles. The van der Waals surface area contributed by atoms with Gasteiger partial charge in [-0.05, 0) is 29.8 Å². The molecule has 0 spiro atoms. The van der Waals surface area contributed by atoms with E-state index in [9.17, 15) is 9.59 Å². The van der Waals surface area contributed by atoms with Crippen LogP contribution in [0.4, 0.5) is 0 Å². The largest absolute Gasteiger partial charge is 0.467 e. The molecule has 0 saturated heterocycles. The average Bonchev–Trinajstić information content (AvgIpc) is 2.56. The Bertz CT molecular complexity index is 744. The van der Waals surface area contributed by atoms with Crippen molar-refractivity contribution in [2.75, 3.05) is 7.11 Å². The lowest BCUT2D eigenvalue weighted by molar-refractivity contribution is -0.142. The highest BCUT2D eigenvalue weighted by molar-refractivity contribution is 6.36. The van der Waals surface area contributed by atoms with Gasteiger partial charge in [-0.15, -0.1) is 0 Å². The minimum atomic E-state index is -0.948. The third-order valence-electron chi connectivity index (χ3n) is 3.38. The van der Waals surface area contributed by atoms with Gasteiger partial charge in [-0.2, -0.15) is 0 Å². The summed E-state index contributed by atoms with van der Waals surface area (Å²) < 4.78 is 4.76. The lowest BCUT2D eigenvalue weighted by Gasteiger charge is -2.18. The molecule has 126 valence electrons. The Kier molecular flexibility index (Phi) is 6.49. The van der Waals surface area contributed by atoms with Gasteiger partial charge in [-0.1, -0.05) is 53.0 Å². The van der Waals surface area contributed by atoms with Gasteiger partial charge in [0.05, 0.1) is 17.7 Å². The molecule has 4 nitrogen and oxygen atoms in total. The minimum Gasteiger partial charge on any atom is -0.467 e. The number of halogens is 3. The number of amides is 1. The summed E-state index contributed by atoms with van der Waals surface area (Å²) in [5.41, 5.74) is 0.814. The Balaban J connectivity index is 2.25. The van der Waals surface area contributed by atoms with Crippen LogP contribution in [0.2, 0.25) is 15.1 Å². The third-order valence-corrected chi connectivity index (χ3v) is 4.42. The molecular weight excluding hydrogens is 373 g/mol. The van der Waals surface area contributed by atoms with Gasteiger partial charge in [-0.3, -0.25) is 4.79 Å². The summed E-state index contributed by atoms with van der Waals surface area (Å²) in [5.74, 6) is -1.09. The summed E-state index contributed by atoms with van der Waals surface area (Å²) >= 11 is 18.3. The van der Waals surface area contributed by atoms with Gasteiger partial charge in [0.2, 0.25) is 0 Å². The van der Waals surface area contributed by atoms with Gasteiger partial charge in [0.25, 0.3) is 5.91 Å². The first-order valence-electron chi connectivity index (χ1n) is 7.00. The highest BCUT2D eigenvalue weighted by Gasteiger charge is 2.25. The van der Waals surface area contributed by atoms with E-state index < -0.39 is 17.9 Å². The molecule has 0 aromatic heterocycles. The molecule has 1 amide bonds. The maximum absolute atomic E-state index is 12.4. The van der Waals surface area contributed by atoms with E-state index in [2.05, 4.69) is 5.32 Å². The number of esters is 1. The molecule has 7 heteroatoms. The Morgan fingerprint density at radius 1 is 1.00 bits per heavy atom. The fourth-order valence-electron chi connectivity index (χ4n) is 2.15.